The molecule has 7 nitrogen and oxygen atoms in total. The SMILES string of the molecule is CC1=CC2(C)CC(Oc3nnc(-c4ccc(-n5ccc(C)n5)cc4O)s3)CC1N2. The van der Waals surface area contributed by atoms with E-state index >= 15 is 0 Å². The van der Waals surface area contributed by atoms with Crippen LogP contribution in [-0.2, 0) is 0 Å². The second-order valence-electron chi connectivity index (χ2n) is 8.16. The van der Waals surface area contributed by atoms with E-state index in [0.717, 1.165) is 24.2 Å². The summed E-state index contributed by atoms with van der Waals surface area (Å²) in [5.74, 6) is 0.144. The number of hydrogen-bond donors (Lipinski definition) is 2. The molecule has 2 N–H and O–H groups in total. The molecule has 0 spiro atoms. The Balaban J connectivity index is 1.33. The second-order valence-corrected chi connectivity index (χ2v) is 9.10. The maximum absolute atomic E-state index is 10.5. The summed E-state index contributed by atoms with van der Waals surface area (Å²) in [5, 5.41) is 28.2. The molecule has 8 heteroatoms. The lowest BCUT2D eigenvalue weighted by atomic mass is 9.91. The number of rotatable bonds is 4. The first kappa shape index (κ1) is 18.3. The van der Waals surface area contributed by atoms with Gasteiger partial charge in [0.25, 0.3) is 5.19 Å². The van der Waals surface area contributed by atoms with Crippen molar-refractivity contribution < 1.29 is 9.84 Å². The number of nitrogens with one attached hydrogen (secondary N) is 1. The third kappa shape index (κ3) is 3.42. The van der Waals surface area contributed by atoms with Crippen LogP contribution >= 0.6 is 11.3 Å². The third-order valence-electron chi connectivity index (χ3n) is 5.62. The second kappa shape index (κ2) is 6.67. The summed E-state index contributed by atoms with van der Waals surface area (Å²) in [4.78, 5) is 0. The Bertz CT molecular complexity index is 1100. The minimum atomic E-state index is -0.00978. The summed E-state index contributed by atoms with van der Waals surface area (Å²) < 4.78 is 7.89. The lowest BCUT2D eigenvalue weighted by molar-refractivity contribution is 0.114. The Hall–Kier alpha value is -2.71. The van der Waals surface area contributed by atoms with Gasteiger partial charge in [-0.3, -0.25) is 0 Å². The molecule has 1 fully saturated rings. The molecule has 0 amide bonds. The molecule has 0 saturated carbocycles. The minimum Gasteiger partial charge on any atom is -0.507 e. The van der Waals surface area contributed by atoms with Crippen LogP contribution in [0.3, 0.4) is 0 Å². The van der Waals surface area contributed by atoms with E-state index in [4.69, 9.17) is 4.74 Å². The van der Waals surface area contributed by atoms with E-state index < -0.39 is 0 Å². The molecule has 3 aromatic rings. The zero-order chi connectivity index (χ0) is 20.2. The van der Waals surface area contributed by atoms with Crippen molar-refractivity contribution in [1.82, 2.24) is 25.3 Å². The fraction of sp³-hybridized carbons (Fsp3) is 0.381. The first-order chi connectivity index (χ1) is 13.9. The Morgan fingerprint density at radius 3 is 2.86 bits per heavy atom. The molecule has 1 aromatic carbocycles. The molecule has 3 unspecified atom stereocenters. The van der Waals surface area contributed by atoms with Gasteiger partial charge in [0.1, 0.15) is 11.9 Å². The molecule has 5 rings (SSSR count). The monoisotopic (exact) mass is 409 g/mol. The number of aryl methyl sites for hydroxylation is 1. The van der Waals surface area contributed by atoms with Gasteiger partial charge in [0.2, 0.25) is 0 Å². The number of ether oxygens (including phenoxy) is 1. The van der Waals surface area contributed by atoms with Crippen LogP contribution in [0.5, 0.6) is 10.9 Å². The van der Waals surface area contributed by atoms with E-state index in [9.17, 15) is 5.11 Å². The number of hydrogen-bond acceptors (Lipinski definition) is 7. The Morgan fingerprint density at radius 1 is 1.28 bits per heavy atom. The van der Waals surface area contributed by atoms with E-state index in [2.05, 4.69) is 40.5 Å². The lowest BCUT2D eigenvalue weighted by Crippen LogP contribution is -2.51. The van der Waals surface area contributed by atoms with Crippen LogP contribution in [0.25, 0.3) is 16.3 Å². The fourth-order valence-electron chi connectivity index (χ4n) is 4.34. The molecule has 2 aromatic heterocycles. The molecule has 29 heavy (non-hydrogen) atoms. The number of phenols is 1. The summed E-state index contributed by atoms with van der Waals surface area (Å²) in [7, 11) is 0. The summed E-state index contributed by atoms with van der Waals surface area (Å²) >= 11 is 1.36. The highest BCUT2D eigenvalue weighted by molar-refractivity contribution is 7.16. The van der Waals surface area contributed by atoms with Gasteiger partial charge in [-0.2, -0.15) is 5.10 Å². The number of fused-ring (bicyclic) bond motifs is 2. The Morgan fingerprint density at radius 2 is 2.14 bits per heavy atom. The zero-order valence-electron chi connectivity index (χ0n) is 16.6. The molecule has 2 aliphatic rings. The first-order valence-corrected chi connectivity index (χ1v) is 10.5. The standard InChI is InChI=1S/C21H23N5O2S/c1-12-10-21(3)11-15(9-17(12)22-21)28-20-24-23-19(29-20)16-5-4-14(8-18(16)27)26-7-6-13(2)25-26/h4-8,10,15,17,22,27H,9,11H2,1-3H3. The highest BCUT2D eigenvalue weighted by Gasteiger charge is 2.42. The molecule has 0 aliphatic carbocycles. The van der Waals surface area contributed by atoms with Crippen LogP contribution < -0.4 is 10.1 Å². The normalized spacial score (nSPS) is 25.8. The first-order valence-electron chi connectivity index (χ1n) is 9.72. The zero-order valence-corrected chi connectivity index (χ0v) is 17.4. The predicted molar refractivity (Wildman–Crippen MR) is 112 cm³/mol. The van der Waals surface area contributed by atoms with Gasteiger partial charge in [-0.05, 0) is 39.0 Å². The van der Waals surface area contributed by atoms with Crippen molar-refractivity contribution in [3.05, 3.63) is 47.8 Å². The average Bonchev–Trinajstić information content (AvgIpc) is 3.34. The minimum absolute atomic E-state index is 0.00978. The quantitative estimate of drug-likeness (QED) is 0.640. The molecule has 150 valence electrons. The van der Waals surface area contributed by atoms with Crippen LogP contribution in [0.4, 0.5) is 0 Å². The van der Waals surface area contributed by atoms with Gasteiger partial charge in [0.15, 0.2) is 5.01 Å². The summed E-state index contributed by atoms with van der Waals surface area (Å²) in [6, 6.07) is 7.72. The van der Waals surface area contributed by atoms with Crippen LogP contribution in [0.2, 0.25) is 0 Å². The number of phenolic OH excluding ortho intramolecular Hbond substituents is 1. The van der Waals surface area contributed by atoms with Crippen molar-refractivity contribution >= 4 is 11.3 Å². The topological polar surface area (TPSA) is 85.1 Å². The van der Waals surface area contributed by atoms with Crippen molar-refractivity contribution in [2.24, 2.45) is 0 Å². The van der Waals surface area contributed by atoms with E-state index in [-0.39, 0.29) is 17.4 Å². The number of nitrogens with zero attached hydrogens (tertiary/aromatic N) is 4. The molecular weight excluding hydrogens is 386 g/mol. The third-order valence-corrected chi connectivity index (χ3v) is 6.47. The number of aromatic nitrogens is 4. The number of benzene rings is 1. The maximum atomic E-state index is 10.5. The molecular formula is C21H23N5O2S. The highest BCUT2D eigenvalue weighted by Crippen LogP contribution is 2.38. The van der Waals surface area contributed by atoms with Crippen LogP contribution in [-0.4, -0.2) is 42.8 Å². The lowest BCUT2D eigenvalue weighted by Gasteiger charge is -2.36. The molecule has 3 atom stereocenters. The van der Waals surface area contributed by atoms with Crippen molar-refractivity contribution in [2.45, 2.75) is 51.3 Å². The van der Waals surface area contributed by atoms with Gasteiger partial charge in [-0.1, -0.05) is 28.1 Å². The number of aromatic hydroxyl groups is 1. The van der Waals surface area contributed by atoms with Crippen molar-refractivity contribution in [1.29, 1.82) is 0 Å². The Kier molecular flexibility index (Phi) is 4.22. The van der Waals surface area contributed by atoms with Gasteiger partial charge in [-0.25, -0.2) is 4.68 Å². The van der Waals surface area contributed by atoms with Crippen molar-refractivity contribution in [3.63, 3.8) is 0 Å². The van der Waals surface area contributed by atoms with Gasteiger partial charge in [-0.15, -0.1) is 5.10 Å². The van der Waals surface area contributed by atoms with E-state index in [1.807, 2.05) is 31.3 Å². The largest absolute Gasteiger partial charge is 0.507 e. The Labute approximate surface area is 173 Å². The van der Waals surface area contributed by atoms with Gasteiger partial charge in [0.05, 0.1) is 16.9 Å². The van der Waals surface area contributed by atoms with Gasteiger partial charge in [0, 0.05) is 36.7 Å². The maximum Gasteiger partial charge on any atom is 0.294 e. The van der Waals surface area contributed by atoms with Crippen molar-refractivity contribution in [2.75, 3.05) is 0 Å². The smallest absolute Gasteiger partial charge is 0.294 e. The molecule has 4 heterocycles. The van der Waals surface area contributed by atoms with E-state index in [1.54, 1.807) is 10.7 Å². The van der Waals surface area contributed by atoms with E-state index in [1.165, 1.54) is 16.9 Å². The fourth-order valence-corrected chi connectivity index (χ4v) is 5.13. The highest BCUT2D eigenvalue weighted by atomic mass is 32.1. The predicted octanol–water partition coefficient (Wildman–Crippen LogP) is 3.62. The summed E-state index contributed by atoms with van der Waals surface area (Å²) in [6.07, 6.45) is 6.10. The number of piperidine rings is 1. The average molecular weight is 410 g/mol. The summed E-state index contributed by atoms with van der Waals surface area (Å²) in [5.41, 5.74) is 3.73. The van der Waals surface area contributed by atoms with Crippen LogP contribution in [0.15, 0.2) is 42.1 Å². The molecule has 2 aliphatic heterocycles. The van der Waals surface area contributed by atoms with Crippen molar-refractivity contribution in [3.8, 4) is 27.2 Å². The van der Waals surface area contributed by atoms with Gasteiger partial charge < -0.3 is 15.2 Å². The molecule has 1 saturated heterocycles. The van der Waals surface area contributed by atoms with E-state index in [0.29, 0.717) is 21.8 Å². The van der Waals surface area contributed by atoms with Crippen LogP contribution in [0, 0.1) is 6.92 Å². The summed E-state index contributed by atoms with van der Waals surface area (Å²) in [6.45, 7) is 6.31. The molecule has 0 radical (unpaired) electrons. The molecule has 2 bridgehead atoms. The van der Waals surface area contributed by atoms with Crippen LogP contribution in [0.1, 0.15) is 32.4 Å². The van der Waals surface area contributed by atoms with Gasteiger partial charge >= 0.3 is 0 Å².